The molecule has 0 heterocycles. The summed E-state index contributed by atoms with van der Waals surface area (Å²) >= 11 is 0. The number of benzene rings is 1. The van der Waals surface area contributed by atoms with Gasteiger partial charge in [-0.2, -0.15) is 0 Å². The molecule has 0 saturated carbocycles. The van der Waals surface area contributed by atoms with E-state index in [0.29, 0.717) is 5.92 Å². The van der Waals surface area contributed by atoms with E-state index in [-0.39, 0.29) is 0 Å². The Labute approximate surface area is 118 Å². The zero-order chi connectivity index (χ0) is 14.4. The first-order valence-electron chi connectivity index (χ1n) is 7.04. The lowest BCUT2D eigenvalue weighted by Gasteiger charge is -2.27. The van der Waals surface area contributed by atoms with Gasteiger partial charge in [-0.25, -0.2) is 0 Å². The normalized spacial score (nSPS) is 12.3. The first kappa shape index (κ1) is 15.8. The van der Waals surface area contributed by atoms with Gasteiger partial charge in [-0.1, -0.05) is 19.4 Å². The van der Waals surface area contributed by atoms with Crippen LogP contribution in [0.3, 0.4) is 0 Å². The van der Waals surface area contributed by atoms with E-state index < -0.39 is 0 Å². The van der Waals surface area contributed by atoms with Crippen LogP contribution in [0.4, 0.5) is 5.69 Å². The predicted molar refractivity (Wildman–Crippen MR) is 83.4 cm³/mol. The fourth-order valence-corrected chi connectivity index (χ4v) is 2.59. The van der Waals surface area contributed by atoms with Gasteiger partial charge in [0.05, 0.1) is 12.8 Å². The molecule has 0 aliphatic rings. The van der Waals surface area contributed by atoms with Gasteiger partial charge in [0, 0.05) is 13.6 Å². The molecule has 0 bridgehead atoms. The number of aryl methyl sites for hydroxylation is 2. The van der Waals surface area contributed by atoms with Gasteiger partial charge in [0.25, 0.3) is 0 Å². The summed E-state index contributed by atoms with van der Waals surface area (Å²) in [6.45, 7) is 8.57. The number of rotatable bonds is 7. The van der Waals surface area contributed by atoms with Gasteiger partial charge in [-0.05, 0) is 50.6 Å². The summed E-state index contributed by atoms with van der Waals surface area (Å²) < 4.78 is 5.57. The Kier molecular flexibility index (Phi) is 6.16. The largest absolute Gasteiger partial charge is 0.494 e. The lowest BCUT2D eigenvalue weighted by atomic mass is 10.0. The fourth-order valence-electron chi connectivity index (χ4n) is 2.59. The highest BCUT2D eigenvalue weighted by Crippen LogP contribution is 2.32. The number of anilines is 1. The van der Waals surface area contributed by atoms with Crippen LogP contribution < -0.4 is 15.0 Å². The van der Waals surface area contributed by atoms with Crippen LogP contribution in [0.25, 0.3) is 0 Å². The van der Waals surface area contributed by atoms with Gasteiger partial charge in [0.2, 0.25) is 0 Å². The second kappa shape index (κ2) is 7.39. The van der Waals surface area contributed by atoms with Crippen LogP contribution in [0.15, 0.2) is 12.1 Å². The van der Waals surface area contributed by atoms with Crippen molar-refractivity contribution in [3.05, 3.63) is 23.3 Å². The first-order valence-corrected chi connectivity index (χ1v) is 7.04. The van der Waals surface area contributed by atoms with Crippen molar-refractivity contribution in [2.24, 2.45) is 5.92 Å². The van der Waals surface area contributed by atoms with Crippen LogP contribution in [0, 0.1) is 19.8 Å². The molecule has 0 amide bonds. The van der Waals surface area contributed by atoms with Crippen LogP contribution >= 0.6 is 0 Å². The number of nitrogens with one attached hydrogen (secondary N) is 1. The first-order chi connectivity index (χ1) is 9.03. The van der Waals surface area contributed by atoms with E-state index in [1.165, 1.54) is 23.2 Å². The monoisotopic (exact) mass is 264 g/mol. The average molecular weight is 264 g/mol. The van der Waals surface area contributed by atoms with E-state index in [2.05, 4.69) is 50.2 Å². The Morgan fingerprint density at radius 1 is 1.32 bits per heavy atom. The summed E-state index contributed by atoms with van der Waals surface area (Å²) in [5.74, 6) is 1.65. The molecule has 0 saturated heterocycles. The molecule has 1 N–H and O–H groups in total. The summed E-state index contributed by atoms with van der Waals surface area (Å²) in [7, 11) is 5.91. The van der Waals surface area contributed by atoms with Crippen molar-refractivity contribution in [3.8, 4) is 5.75 Å². The minimum Gasteiger partial charge on any atom is -0.494 e. The molecule has 0 spiro atoms. The number of hydrogen-bond donors (Lipinski definition) is 1. The fraction of sp³-hybridized carbons (Fsp3) is 0.625. The number of nitrogens with zero attached hydrogens (tertiary/aromatic N) is 1. The maximum atomic E-state index is 5.57. The van der Waals surface area contributed by atoms with E-state index in [9.17, 15) is 0 Å². The summed E-state index contributed by atoms with van der Waals surface area (Å²) in [4.78, 5) is 2.31. The standard InChI is InChI=1S/C16H28N2O/c1-7-14(10-17-4)11-18(5)15-9-12(2)8-13(3)16(15)19-6/h8-9,14,17H,7,10-11H2,1-6H3. The van der Waals surface area contributed by atoms with Gasteiger partial charge in [0.1, 0.15) is 5.75 Å². The molecule has 0 fully saturated rings. The quantitative estimate of drug-likeness (QED) is 0.819. The highest BCUT2D eigenvalue weighted by atomic mass is 16.5. The highest BCUT2D eigenvalue weighted by Gasteiger charge is 2.15. The third kappa shape index (κ3) is 4.13. The molecule has 0 aliphatic heterocycles. The zero-order valence-electron chi connectivity index (χ0n) is 13.2. The number of methoxy groups -OCH3 is 1. The second-order valence-electron chi connectivity index (χ2n) is 5.35. The molecule has 1 atom stereocenters. The molecule has 1 aromatic rings. The number of hydrogen-bond acceptors (Lipinski definition) is 3. The lowest BCUT2D eigenvalue weighted by molar-refractivity contribution is 0.409. The SMILES string of the molecule is CCC(CNC)CN(C)c1cc(C)cc(C)c1OC. The molecule has 1 rings (SSSR count). The van der Waals surface area contributed by atoms with Gasteiger partial charge in [-0.3, -0.25) is 0 Å². The third-order valence-electron chi connectivity index (χ3n) is 3.62. The van der Waals surface area contributed by atoms with Crippen LogP contribution in [-0.2, 0) is 0 Å². The summed E-state index contributed by atoms with van der Waals surface area (Å²) in [6.07, 6.45) is 1.18. The molecular weight excluding hydrogens is 236 g/mol. The van der Waals surface area contributed by atoms with Crippen LogP contribution in [0.2, 0.25) is 0 Å². The van der Waals surface area contributed by atoms with Crippen LogP contribution in [0.5, 0.6) is 5.75 Å². The van der Waals surface area contributed by atoms with Crippen molar-refractivity contribution in [1.29, 1.82) is 0 Å². The van der Waals surface area contributed by atoms with Crippen molar-refractivity contribution in [2.75, 3.05) is 39.2 Å². The lowest BCUT2D eigenvalue weighted by Crippen LogP contribution is -2.31. The van der Waals surface area contributed by atoms with Crippen LogP contribution in [0.1, 0.15) is 24.5 Å². The maximum absolute atomic E-state index is 5.57. The molecular formula is C16H28N2O. The Hall–Kier alpha value is -1.22. The molecule has 0 aliphatic carbocycles. The minimum atomic E-state index is 0.653. The summed E-state index contributed by atoms with van der Waals surface area (Å²) in [5.41, 5.74) is 3.67. The Morgan fingerprint density at radius 3 is 2.53 bits per heavy atom. The third-order valence-corrected chi connectivity index (χ3v) is 3.62. The average Bonchev–Trinajstić information content (AvgIpc) is 2.37. The molecule has 1 unspecified atom stereocenters. The number of ether oxygens (including phenoxy) is 1. The second-order valence-corrected chi connectivity index (χ2v) is 5.35. The van der Waals surface area contributed by atoms with Gasteiger partial charge >= 0.3 is 0 Å². The Bertz CT molecular complexity index is 404. The van der Waals surface area contributed by atoms with E-state index in [4.69, 9.17) is 4.74 Å². The highest BCUT2D eigenvalue weighted by molar-refractivity contribution is 5.63. The smallest absolute Gasteiger partial charge is 0.145 e. The van der Waals surface area contributed by atoms with Crippen molar-refractivity contribution < 1.29 is 4.74 Å². The Balaban J connectivity index is 2.94. The Morgan fingerprint density at radius 2 is 2.00 bits per heavy atom. The van der Waals surface area contributed by atoms with E-state index in [1.807, 2.05) is 7.05 Å². The molecule has 3 heteroatoms. The van der Waals surface area contributed by atoms with E-state index in [1.54, 1.807) is 7.11 Å². The molecule has 1 aromatic carbocycles. The molecule has 0 radical (unpaired) electrons. The van der Waals surface area contributed by atoms with Gasteiger partial charge in [0.15, 0.2) is 0 Å². The topological polar surface area (TPSA) is 24.5 Å². The van der Waals surface area contributed by atoms with Crippen molar-refractivity contribution >= 4 is 5.69 Å². The maximum Gasteiger partial charge on any atom is 0.145 e. The molecule has 0 aromatic heterocycles. The predicted octanol–water partition coefficient (Wildman–Crippen LogP) is 2.99. The van der Waals surface area contributed by atoms with Crippen molar-refractivity contribution in [2.45, 2.75) is 27.2 Å². The zero-order valence-corrected chi connectivity index (χ0v) is 13.2. The molecule has 19 heavy (non-hydrogen) atoms. The summed E-state index contributed by atoms with van der Waals surface area (Å²) in [5, 5.41) is 3.27. The minimum absolute atomic E-state index is 0.653. The molecule has 3 nitrogen and oxygen atoms in total. The van der Waals surface area contributed by atoms with Gasteiger partial charge in [-0.15, -0.1) is 0 Å². The van der Waals surface area contributed by atoms with Gasteiger partial charge < -0.3 is 15.0 Å². The van der Waals surface area contributed by atoms with Crippen LogP contribution in [-0.4, -0.2) is 34.3 Å². The summed E-state index contributed by atoms with van der Waals surface area (Å²) in [6, 6.07) is 4.37. The molecule has 108 valence electrons. The van der Waals surface area contributed by atoms with E-state index >= 15 is 0 Å². The van der Waals surface area contributed by atoms with Crippen molar-refractivity contribution in [1.82, 2.24) is 5.32 Å². The van der Waals surface area contributed by atoms with E-state index in [0.717, 1.165) is 18.8 Å². The van der Waals surface area contributed by atoms with Crippen molar-refractivity contribution in [3.63, 3.8) is 0 Å².